The second kappa shape index (κ2) is 8.45. The molecule has 6 nitrogen and oxygen atoms in total. The number of benzene rings is 1. The van der Waals surface area contributed by atoms with Gasteiger partial charge in [0.05, 0.1) is 11.5 Å². The standard InChI is InChI=1S/C15H22F3N3O3S/c1-24-11-12-2-4-13(5-3-12)25(22,23)20-10-14(15(16,17)18)21-8-6-19-7-9-21/h2-5,14,19-20H,6-11H2,1H3. The van der Waals surface area contributed by atoms with E-state index in [4.69, 9.17) is 4.74 Å². The third kappa shape index (κ3) is 5.65. The minimum atomic E-state index is -4.51. The van der Waals surface area contributed by atoms with Gasteiger partial charge in [-0.15, -0.1) is 0 Å². The Morgan fingerprint density at radius 1 is 1.24 bits per heavy atom. The van der Waals surface area contributed by atoms with Crippen LogP contribution in [0, 0.1) is 0 Å². The lowest BCUT2D eigenvalue weighted by Gasteiger charge is -2.35. The molecule has 1 aliphatic rings. The fourth-order valence-corrected chi connectivity index (χ4v) is 3.69. The maximum Gasteiger partial charge on any atom is 0.405 e. The third-order valence-electron chi connectivity index (χ3n) is 3.98. The monoisotopic (exact) mass is 381 g/mol. The van der Waals surface area contributed by atoms with Gasteiger partial charge in [0.2, 0.25) is 10.0 Å². The van der Waals surface area contributed by atoms with Gasteiger partial charge in [-0.3, -0.25) is 4.90 Å². The van der Waals surface area contributed by atoms with Crippen LogP contribution in [0.4, 0.5) is 13.2 Å². The molecule has 0 radical (unpaired) electrons. The van der Waals surface area contributed by atoms with E-state index >= 15 is 0 Å². The first-order chi connectivity index (χ1) is 11.7. The Morgan fingerprint density at radius 2 is 1.84 bits per heavy atom. The molecular weight excluding hydrogens is 359 g/mol. The minimum absolute atomic E-state index is 0.0754. The molecule has 0 spiro atoms. The topological polar surface area (TPSA) is 70.7 Å². The number of rotatable bonds is 7. The number of nitrogens with zero attached hydrogens (tertiary/aromatic N) is 1. The third-order valence-corrected chi connectivity index (χ3v) is 5.42. The lowest BCUT2D eigenvalue weighted by atomic mass is 10.2. The van der Waals surface area contributed by atoms with Gasteiger partial charge in [-0.2, -0.15) is 13.2 Å². The molecule has 1 unspecified atom stereocenters. The Hall–Kier alpha value is -1.20. The summed E-state index contributed by atoms with van der Waals surface area (Å²) in [6, 6.07) is 3.98. The van der Waals surface area contributed by atoms with Crippen LogP contribution in [-0.2, 0) is 21.4 Å². The molecule has 2 N–H and O–H groups in total. The first-order valence-corrected chi connectivity index (χ1v) is 9.31. The van der Waals surface area contributed by atoms with Gasteiger partial charge in [-0.1, -0.05) is 12.1 Å². The van der Waals surface area contributed by atoms with Crippen molar-refractivity contribution in [3.63, 3.8) is 0 Å². The molecule has 25 heavy (non-hydrogen) atoms. The van der Waals surface area contributed by atoms with Crippen LogP contribution in [-0.4, -0.2) is 65.4 Å². The number of hydrogen-bond donors (Lipinski definition) is 2. The van der Waals surface area contributed by atoms with E-state index in [2.05, 4.69) is 10.0 Å². The molecule has 0 amide bonds. The molecule has 142 valence electrons. The molecule has 0 bridgehead atoms. The van der Waals surface area contributed by atoms with Crippen molar-refractivity contribution >= 4 is 10.0 Å². The molecule has 2 rings (SSSR count). The molecule has 1 fully saturated rings. The number of piperazine rings is 1. The van der Waals surface area contributed by atoms with Crippen molar-refractivity contribution in [3.8, 4) is 0 Å². The number of ether oxygens (including phenoxy) is 1. The summed E-state index contributed by atoms with van der Waals surface area (Å²) in [5.74, 6) is 0. The number of halogens is 3. The predicted octanol–water partition coefficient (Wildman–Crippen LogP) is 0.947. The predicted molar refractivity (Wildman–Crippen MR) is 86.6 cm³/mol. The second-order valence-electron chi connectivity index (χ2n) is 5.77. The Kier molecular flexibility index (Phi) is 6.80. The van der Waals surface area contributed by atoms with E-state index in [1.165, 1.54) is 24.1 Å². The summed E-state index contributed by atoms with van der Waals surface area (Å²) in [6.07, 6.45) is -4.51. The van der Waals surface area contributed by atoms with Crippen molar-refractivity contribution in [2.75, 3.05) is 39.8 Å². The Bertz CT molecular complexity index is 644. The normalized spacial score (nSPS) is 18.2. The summed E-state index contributed by atoms with van der Waals surface area (Å²) in [5, 5.41) is 2.98. The first-order valence-electron chi connectivity index (χ1n) is 7.83. The van der Waals surface area contributed by atoms with Crippen LogP contribution in [0.1, 0.15) is 5.56 Å². The van der Waals surface area contributed by atoms with Crippen LogP contribution < -0.4 is 10.0 Å². The van der Waals surface area contributed by atoms with Gasteiger partial charge in [0.1, 0.15) is 6.04 Å². The number of methoxy groups -OCH3 is 1. The zero-order valence-corrected chi connectivity index (χ0v) is 14.7. The lowest BCUT2D eigenvalue weighted by Crippen LogP contribution is -2.57. The molecule has 0 saturated carbocycles. The molecule has 0 aromatic heterocycles. The highest BCUT2D eigenvalue weighted by Crippen LogP contribution is 2.25. The molecule has 0 aliphatic carbocycles. The average Bonchev–Trinajstić information content (AvgIpc) is 2.55. The van der Waals surface area contributed by atoms with Gasteiger partial charge in [0.15, 0.2) is 0 Å². The molecule has 1 aliphatic heterocycles. The zero-order valence-electron chi connectivity index (χ0n) is 13.8. The van der Waals surface area contributed by atoms with E-state index in [9.17, 15) is 21.6 Å². The summed E-state index contributed by atoms with van der Waals surface area (Å²) in [4.78, 5) is 1.18. The first kappa shape index (κ1) is 20.1. The zero-order chi connectivity index (χ0) is 18.5. The summed E-state index contributed by atoms with van der Waals surface area (Å²) in [5.41, 5.74) is 0.774. The maximum atomic E-state index is 13.3. The van der Waals surface area contributed by atoms with Gasteiger partial charge >= 0.3 is 6.18 Å². The number of nitrogens with one attached hydrogen (secondary N) is 2. The molecule has 1 aromatic rings. The minimum Gasteiger partial charge on any atom is -0.380 e. The van der Waals surface area contributed by atoms with Crippen LogP contribution in [0.25, 0.3) is 0 Å². The highest BCUT2D eigenvalue weighted by Gasteiger charge is 2.44. The van der Waals surface area contributed by atoms with Crippen molar-refractivity contribution in [2.45, 2.75) is 23.7 Å². The molecular formula is C15H22F3N3O3S. The molecule has 1 saturated heterocycles. The van der Waals surface area contributed by atoms with E-state index in [-0.39, 0.29) is 18.0 Å². The van der Waals surface area contributed by atoms with Gasteiger partial charge in [-0.05, 0) is 17.7 Å². The highest BCUT2D eigenvalue weighted by atomic mass is 32.2. The van der Waals surface area contributed by atoms with E-state index in [0.717, 1.165) is 5.56 Å². The Labute approximate surface area is 145 Å². The second-order valence-corrected chi connectivity index (χ2v) is 7.54. The number of hydrogen-bond acceptors (Lipinski definition) is 5. The average molecular weight is 381 g/mol. The van der Waals surface area contributed by atoms with Gasteiger partial charge in [-0.25, -0.2) is 13.1 Å². The van der Waals surface area contributed by atoms with Crippen LogP contribution in [0.2, 0.25) is 0 Å². The molecule has 1 heterocycles. The van der Waals surface area contributed by atoms with E-state index in [1.807, 2.05) is 0 Å². The van der Waals surface area contributed by atoms with Gasteiger partial charge < -0.3 is 10.1 Å². The van der Waals surface area contributed by atoms with Crippen LogP contribution >= 0.6 is 0 Å². The van der Waals surface area contributed by atoms with Crippen molar-refractivity contribution in [1.82, 2.24) is 14.9 Å². The van der Waals surface area contributed by atoms with E-state index < -0.39 is 28.8 Å². The molecule has 1 atom stereocenters. The van der Waals surface area contributed by atoms with Crippen molar-refractivity contribution in [1.29, 1.82) is 0 Å². The smallest absolute Gasteiger partial charge is 0.380 e. The fraction of sp³-hybridized carbons (Fsp3) is 0.600. The summed E-state index contributed by atoms with van der Waals surface area (Å²) < 4.78 is 71.5. The van der Waals surface area contributed by atoms with Gasteiger partial charge in [0.25, 0.3) is 0 Å². The quantitative estimate of drug-likeness (QED) is 0.736. The number of alkyl halides is 3. The molecule has 10 heteroatoms. The van der Waals surface area contributed by atoms with Crippen molar-refractivity contribution < 1.29 is 26.3 Å². The highest BCUT2D eigenvalue weighted by molar-refractivity contribution is 7.89. The maximum absolute atomic E-state index is 13.3. The summed E-state index contributed by atoms with van der Waals surface area (Å²) >= 11 is 0. The summed E-state index contributed by atoms with van der Waals surface area (Å²) in [7, 11) is -2.51. The summed E-state index contributed by atoms with van der Waals surface area (Å²) in [6.45, 7) is 0.939. The van der Waals surface area contributed by atoms with E-state index in [1.54, 1.807) is 12.1 Å². The van der Waals surface area contributed by atoms with Crippen molar-refractivity contribution in [2.24, 2.45) is 0 Å². The van der Waals surface area contributed by atoms with Crippen LogP contribution in [0.15, 0.2) is 29.2 Å². The molecule has 1 aromatic carbocycles. The van der Waals surface area contributed by atoms with Gasteiger partial charge in [0, 0.05) is 39.8 Å². The lowest BCUT2D eigenvalue weighted by molar-refractivity contribution is -0.182. The fourth-order valence-electron chi connectivity index (χ4n) is 2.65. The Morgan fingerprint density at radius 3 is 2.36 bits per heavy atom. The number of sulfonamides is 1. The SMILES string of the molecule is COCc1ccc(S(=O)(=O)NCC(N2CCNCC2)C(F)(F)F)cc1. The van der Waals surface area contributed by atoms with Crippen LogP contribution in [0.3, 0.4) is 0 Å². The Balaban J connectivity index is 2.07. The largest absolute Gasteiger partial charge is 0.405 e. The van der Waals surface area contributed by atoms with Crippen LogP contribution in [0.5, 0.6) is 0 Å². The van der Waals surface area contributed by atoms with Crippen molar-refractivity contribution in [3.05, 3.63) is 29.8 Å². The van der Waals surface area contributed by atoms with E-state index in [0.29, 0.717) is 19.7 Å².